The maximum absolute atomic E-state index is 14.1. The summed E-state index contributed by atoms with van der Waals surface area (Å²) in [7, 11) is -2.60. The van der Waals surface area contributed by atoms with Gasteiger partial charge in [0, 0.05) is 0 Å². The number of likely N-dealkylation sites (N-methyl/N-ethyl adjacent to an activating group) is 1. The number of esters is 1. The van der Waals surface area contributed by atoms with Gasteiger partial charge in [0.15, 0.2) is 0 Å². The molecule has 0 aliphatic heterocycles. The number of furan rings is 1. The van der Waals surface area contributed by atoms with Crippen molar-refractivity contribution in [2.75, 3.05) is 26.7 Å². The molecular formula is C26H26AsFN2O5S. The van der Waals surface area contributed by atoms with E-state index in [1.165, 1.54) is 31.7 Å². The predicted octanol–water partition coefficient (Wildman–Crippen LogP) is 3.71. The van der Waals surface area contributed by atoms with Crippen LogP contribution in [0.2, 0.25) is 0 Å². The summed E-state index contributed by atoms with van der Waals surface area (Å²) >= 11 is -1.97. The number of hydrogen-bond acceptors (Lipinski definition) is 7. The van der Waals surface area contributed by atoms with Gasteiger partial charge in [0.25, 0.3) is 0 Å². The second-order valence-electron chi connectivity index (χ2n) is 8.01. The molecule has 0 aliphatic rings. The van der Waals surface area contributed by atoms with Gasteiger partial charge in [-0.2, -0.15) is 0 Å². The van der Waals surface area contributed by atoms with Crippen LogP contribution in [-0.4, -0.2) is 65.6 Å². The van der Waals surface area contributed by atoms with Crippen LogP contribution in [0.4, 0.5) is 4.39 Å². The maximum atomic E-state index is 14.1. The zero-order valence-electron chi connectivity index (χ0n) is 20.1. The number of carbonyl (C=O) groups excluding carboxylic acids is 1. The molecule has 0 amide bonds. The van der Waals surface area contributed by atoms with Crippen molar-refractivity contribution in [3.05, 3.63) is 71.9 Å². The van der Waals surface area contributed by atoms with Crippen molar-refractivity contribution in [3.63, 3.8) is 0 Å². The first-order valence-electron chi connectivity index (χ1n) is 11.4. The van der Waals surface area contributed by atoms with Gasteiger partial charge in [-0.3, -0.25) is 0 Å². The number of nitrogens with zero attached hydrogens (tertiary/aromatic N) is 2. The normalized spacial score (nSPS) is 12.6. The first-order chi connectivity index (χ1) is 17.3. The first-order valence-corrected chi connectivity index (χ1v) is 16.5. The molecule has 0 aliphatic carbocycles. The molecule has 2 aromatic carbocycles. The first kappa shape index (κ1) is 26.1. The molecule has 7 nitrogen and oxygen atoms in total. The SMILES string of the molecule is CCN(CC)C/C=C\c1cc(F)ccc1S(=O)(=O)[AsH]c1ccc2c(ncc3occc32)c1C(=O)OC. The van der Waals surface area contributed by atoms with Gasteiger partial charge in [-0.1, -0.05) is 0 Å². The molecule has 2 aromatic heterocycles. The van der Waals surface area contributed by atoms with E-state index in [0.29, 0.717) is 27.4 Å². The molecule has 1 atom stereocenters. The Morgan fingerprint density at radius 3 is 2.67 bits per heavy atom. The van der Waals surface area contributed by atoms with Gasteiger partial charge in [0.1, 0.15) is 0 Å². The Kier molecular flexibility index (Phi) is 7.93. The van der Waals surface area contributed by atoms with E-state index in [0.717, 1.165) is 24.5 Å². The van der Waals surface area contributed by atoms with E-state index in [1.54, 1.807) is 24.3 Å². The minimum atomic E-state index is -3.85. The Balaban J connectivity index is 1.78. The number of hydrogen-bond donors (Lipinski definition) is 0. The molecule has 2 heterocycles. The van der Waals surface area contributed by atoms with Crippen LogP contribution in [0.3, 0.4) is 0 Å². The summed E-state index contributed by atoms with van der Waals surface area (Å²) in [5, 5.41) is 1.43. The van der Waals surface area contributed by atoms with Crippen LogP contribution in [0.5, 0.6) is 0 Å². The fourth-order valence-corrected chi connectivity index (χ4v) is 10.7. The number of pyridine rings is 1. The zero-order valence-corrected chi connectivity index (χ0v) is 23.0. The molecule has 1 unspecified atom stereocenters. The molecule has 0 spiro atoms. The molecule has 0 bridgehead atoms. The molecule has 10 heteroatoms. The average molecular weight is 572 g/mol. The number of halogens is 1. The van der Waals surface area contributed by atoms with Crippen molar-refractivity contribution in [2.24, 2.45) is 0 Å². The number of benzene rings is 2. The van der Waals surface area contributed by atoms with Crippen LogP contribution in [0.15, 0.2) is 64.2 Å². The summed E-state index contributed by atoms with van der Waals surface area (Å²) in [6.07, 6.45) is 6.50. The molecular weight excluding hydrogens is 546 g/mol. The number of fused-ring (bicyclic) bond motifs is 3. The van der Waals surface area contributed by atoms with E-state index in [-0.39, 0.29) is 16.0 Å². The van der Waals surface area contributed by atoms with Gasteiger partial charge in [-0.05, 0) is 0 Å². The van der Waals surface area contributed by atoms with E-state index in [2.05, 4.69) is 9.88 Å². The van der Waals surface area contributed by atoms with Crippen molar-refractivity contribution in [1.82, 2.24) is 9.88 Å². The van der Waals surface area contributed by atoms with Gasteiger partial charge >= 0.3 is 215 Å². The quantitative estimate of drug-likeness (QED) is 0.223. The predicted molar refractivity (Wildman–Crippen MR) is 140 cm³/mol. The van der Waals surface area contributed by atoms with Crippen molar-refractivity contribution >= 4 is 61.0 Å². The second-order valence-corrected chi connectivity index (χ2v) is 15.5. The van der Waals surface area contributed by atoms with Crippen molar-refractivity contribution in [1.29, 1.82) is 0 Å². The van der Waals surface area contributed by atoms with E-state index in [4.69, 9.17) is 9.15 Å². The van der Waals surface area contributed by atoms with Crippen molar-refractivity contribution in [3.8, 4) is 0 Å². The standard InChI is InChI=1S/C26H26AsFN2O5S/c1-4-30(5-2)13-6-7-17-15-18(28)8-11-23(17)36(32,33)27-21-10-9-20-19-12-14-35-22(19)16-29-25(20)24(21)26(31)34-3/h6-12,14-16,27H,4-5,13H2,1-3H3/b7-6-. The third-order valence-electron chi connectivity index (χ3n) is 5.92. The monoisotopic (exact) mass is 572 g/mol. The fourth-order valence-electron chi connectivity index (χ4n) is 4.01. The van der Waals surface area contributed by atoms with E-state index in [9.17, 15) is 17.6 Å². The summed E-state index contributed by atoms with van der Waals surface area (Å²) in [5.41, 5.74) is 1.32. The summed E-state index contributed by atoms with van der Waals surface area (Å²) < 4.78 is 52.1. The Hall–Kier alpha value is -3.00. The van der Waals surface area contributed by atoms with Gasteiger partial charge < -0.3 is 0 Å². The Morgan fingerprint density at radius 2 is 1.94 bits per heavy atom. The van der Waals surface area contributed by atoms with Gasteiger partial charge in [0.2, 0.25) is 0 Å². The third kappa shape index (κ3) is 5.23. The Morgan fingerprint density at radius 1 is 1.17 bits per heavy atom. The Bertz CT molecular complexity index is 1560. The van der Waals surface area contributed by atoms with Crippen LogP contribution in [0, 0.1) is 5.82 Å². The summed E-state index contributed by atoms with van der Waals surface area (Å²) in [6, 6.07) is 8.80. The molecule has 0 saturated heterocycles. The molecule has 0 fully saturated rings. The second kappa shape index (κ2) is 10.9. The van der Waals surface area contributed by atoms with Gasteiger partial charge in [0.05, 0.1) is 0 Å². The number of methoxy groups -OCH3 is 1. The summed E-state index contributed by atoms with van der Waals surface area (Å²) in [4.78, 5) is 19.4. The van der Waals surface area contributed by atoms with Crippen LogP contribution in [0.1, 0.15) is 29.8 Å². The van der Waals surface area contributed by atoms with E-state index >= 15 is 0 Å². The Labute approximate surface area is 214 Å². The van der Waals surface area contributed by atoms with Crippen LogP contribution in [0.25, 0.3) is 27.9 Å². The number of aromatic nitrogens is 1. The van der Waals surface area contributed by atoms with Gasteiger partial charge in [-0.25, -0.2) is 0 Å². The topological polar surface area (TPSA) is 89.7 Å². The molecule has 0 radical (unpaired) electrons. The molecule has 36 heavy (non-hydrogen) atoms. The molecule has 0 saturated carbocycles. The number of rotatable bonds is 9. The molecule has 0 N–H and O–H groups in total. The van der Waals surface area contributed by atoms with Crippen molar-refractivity contribution < 1.29 is 26.8 Å². The third-order valence-corrected chi connectivity index (χ3v) is 12.7. The van der Waals surface area contributed by atoms with E-state index in [1.807, 2.05) is 19.9 Å². The molecule has 4 rings (SSSR count). The molecule has 4 aromatic rings. The van der Waals surface area contributed by atoms with Crippen molar-refractivity contribution in [2.45, 2.75) is 18.7 Å². The van der Waals surface area contributed by atoms with Gasteiger partial charge in [-0.15, -0.1) is 0 Å². The zero-order chi connectivity index (χ0) is 25.9. The summed E-state index contributed by atoms with van der Waals surface area (Å²) in [6.45, 7) is 6.38. The fraction of sp³-hybridized carbons (Fsp3) is 0.231. The van der Waals surface area contributed by atoms with Crippen LogP contribution in [-0.2, 0) is 12.8 Å². The average Bonchev–Trinajstić information content (AvgIpc) is 3.35. The van der Waals surface area contributed by atoms with Crippen LogP contribution < -0.4 is 4.35 Å². The number of carbonyl (C=O) groups is 1. The summed E-state index contributed by atoms with van der Waals surface area (Å²) in [5.74, 6) is -1.19. The molecule has 188 valence electrons. The van der Waals surface area contributed by atoms with E-state index < -0.39 is 34.5 Å². The van der Waals surface area contributed by atoms with Crippen LogP contribution >= 0.6 is 0 Å². The minimum absolute atomic E-state index is 0.0360. The number of ether oxygens (including phenoxy) is 1.